The fraction of sp³-hybridized carbons (Fsp3) is 0.0541. The summed E-state index contributed by atoms with van der Waals surface area (Å²) in [6, 6.07) is 95.0. The molecule has 378 valence electrons. The zero-order chi connectivity index (χ0) is 53.2. The molecule has 0 unspecified atom stereocenters. The summed E-state index contributed by atoms with van der Waals surface area (Å²) in [7, 11) is 0. The molecule has 6 nitrogen and oxygen atoms in total. The topological polar surface area (TPSA) is 45.5 Å². The molecule has 0 radical (unpaired) electrons. The Kier molecular flexibility index (Phi) is 10.1. The molecule has 0 saturated carbocycles. The molecule has 0 aliphatic carbocycles. The highest BCUT2D eigenvalue weighted by molar-refractivity contribution is 6.15. The Balaban J connectivity index is 1.15. The van der Waals surface area contributed by atoms with Gasteiger partial charge in [0.1, 0.15) is 11.4 Å². The van der Waals surface area contributed by atoms with E-state index in [4.69, 9.17) is 9.97 Å². The van der Waals surface area contributed by atoms with E-state index in [9.17, 15) is 0 Å². The third kappa shape index (κ3) is 6.85. The zero-order valence-corrected chi connectivity index (χ0v) is 44.5. The average molecular weight is 1030 g/mol. The van der Waals surface area contributed by atoms with Crippen molar-refractivity contribution in [3.8, 4) is 56.7 Å². The van der Waals surface area contributed by atoms with Crippen molar-refractivity contribution in [2.75, 3.05) is 0 Å². The molecule has 0 saturated heterocycles. The molecule has 0 aliphatic rings. The summed E-state index contributed by atoms with van der Waals surface area (Å²) in [4.78, 5) is 11.8. The van der Waals surface area contributed by atoms with Crippen molar-refractivity contribution in [2.45, 2.75) is 26.2 Å². The van der Waals surface area contributed by atoms with Gasteiger partial charge >= 0.3 is 0 Å². The molecule has 0 aliphatic heterocycles. The molecule has 6 heterocycles. The minimum atomic E-state index is -0.112. The summed E-state index contributed by atoms with van der Waals surface area (Å²) in [6.07, 6.45) is 0. The minimum Gasteiger partial charge on any atom is -0.305 e. The van der Waals surface area contributed by atoms with Crippen LogP contribution in [0.15, 0.2) is 261 Å². The van der Waals surface area contributed by atoms with Gasteiger partial charge in [0.25, 0.3) is 0 Å². The standard InChI is InChI=1S/C74H52N6/c1-74(2,3)50-45-59(47-23-5-4-6-24-47)75-60(46-50)48-41-43-49(44-42-48)69-70(77-61-33-15-7-25-51(61)52-26-8-16-34-62(52)77)72(79-65-37-19-11-29-55(65)56-30-12-20-38-66(56)79)76-73(80-67-39-21-13-31-57(67)58-32-14-22-40-68(58)80)71(69)78-63-35-17-9-27-53(63)54-28-10-18-36-64(54)78/h4-46H,1-3H3. The van der Waals surface area contributed by atoms with Crippen molar-refractivity contribution >= 4 is 87.2 Å². The monoisotopic (exact) mass is 1020 g/mol. The highest BCUT2D eigenvalue weighted by Gasteiger charge is 2.32. The first-order valence-corrected chi connectivity index (χ1v) is 27.6. The Bertz CT molecular complexity index is 4690. The smallest absolute Gasteiger partial charge is 0.165 e. The maximum Gasteiger partial charge on any atom is 0.165 e. The molecule has 0 fully saturated rings. The third-order valence-corrected chi connectivity index (χ3v) is 16.5. The lowest BCUT2D eigenvalue weighted by molar-refractivity contribution is 0.590. The van der Waals surface area contributed by atoms with Gasteiger partial charge in [-0.15, -0.1) is 0 Å². The molecular formula is C74H52N6. The molecule has 16 aromatic rings. The SMILES string of the molecule is CC(C)(C)c1cc(-c2ccccc2)nc(-c2ccc(-c3c(-n4c5ccccc5c5ccccc54)c(-n4c5ccccc5c5ccccc54)nc(-n4c5ccccc5c5ccccc54)c3-n3c4ccccc4c4ccccc43)cc2)c1. The number of aromatic nitrogens is 6. The normalized spacial score (nSPS) is 12.2. The van der Waals surface area contributed by atoms with E-state index >= 15 is 0 Å². The number of para-hydroxylation sites is 8. The maximum absolute atomic E-state index is 6.39. The van der Waals surface area contributed by atoms with Crippen LogP contribution in [0.25, 0.3) is 144 Å². The van der Waals surface area contributed by atoms with Gasteiger partial charge in [0.05, 0.1) is 55.5 Å². The zero-order valence-electron chi connectivity index (χ0n) is 44.5. The fourth-order valence-corrected chi connectivity index (χ4v) is 12.9. The van der Waals surface area contributed by atoms with Crippen molar-refractivity contribution in [3.63, 3.8) is 0 Å². The molecule has 0 amide bonds. The van der Waals surface area contributed by atoms with E-state index in [1.807, 2.05) is 0 Å². The van der Waals surface area contributed by atoms with E-state index in [1.54, 1.807) is 0 Å². The summed E-state index contributed by atoms with van der Waals surface area (Å²) in [5, 5.41) is 9.32. The van der Waals surface area contributed by atoms with Gasteiger partial charge in [0.2, 0.25) is 0 Å². The Morgan fingerprint density at radius 2 is 0.525 bits per heavy atom. The van der Waals surface area contributed by atoms with Gasteiger partial charge in [0, 0.05) is 59.8 Å². The summed E-state index contributed by atoms with van der Waals surface area (Å²) in [6.45, 7) is 6.84. The van der Waals surface area contributed by atoms with E-state index in [0.717, 1.165) is 122 Å². The molecule has 6 aromatic heterocycles. The fourth-order valence-electron chi connectivity index (χ4n) is 12.9. The first-order chi connectivity index (χ1) is 39.4. The van der Waals surface area contributed by atoms with Gasteiger partial charge in [-0.05, 0) is 77.2 Å². The quantitative estimate of drug-likeness (QED) is 0.160. The number of rotatable bonds is 7. The first kappa shape index (κ1) is 45.9. The number of hydrogen-bond donors (Lipinski definition) is 0. The second kappa shape index (κ2) is 17.6. The Labute approximate surface area is 462 Å². The molecular weight excluding hydrogens is 973 g/mol. The Morgan fingerprint density at radius 1 is 0.263 bits per heavy atom. The molecule has 0 bridgehead atoms. The molecule has 0 spiro atoms. The number of benzene rings is 10. The van der Waals surface area contributed by atoms with Crippen molar-refractivity contribution < 1.29 is 0 Å². The molecule has 10 aromatic carbocycles. The van der Waals surface area contributed by atoms with Crippen molar-refractivity contribution in [1.29, 1.82) is 0 Å². The first-order valence-electron chi connectivity index (χ1n) is 27.6. The van der Waals surface area contributed by atoms with Crippen LogP contribution in [0.5, 0.6) is 0 Å². The third-order valence-electron chi connectivity index (χ3n) is 16.5. The predicted molar refractivity (Wildman–Crippen MR) is 334 cm³/mol. The maximum atomic E-state index is 6.39. The summed E-state index contributed by atoms with van der Waals surface area (Å²) >= 11 is 0. The summed E-state index contributed by atoms with van der Waals surface area (Å²) in [5.41, 5.74) is 17.7. The second-order valence-corrected chi connectivity index (χ2v) is 22.1. The van der Waals surface area contributed by atoms with Crippen LogP contribution in [0.2, 0.25) is 0 Å². The highest BCUT2D eigenvalue weighted by Crippen LogP contribution is 2.49. The van der Waals surface area contributed by atoms with Gasteiger partial charge in [-0.2, -0.15) is 0 Å². The van der Waals surface area contributed by atoms with E-state index < -0.39 is 0 Å². The van der Waals surface area contributed by atoms with Crippen molar-refractivity contribution in [3.05, 3.63) is 266 Å². The largest absolute Gasteiger partial charge is 0.305 e. The van der Waals surface area contributed by atoms with Gasteiger partial charge < -0.3 is 9.13 Å². The van der Waals surface area contributed by atoms with Crippen LogP contribution in [-0.2, 0) is 5.41 Å². The lowest BCUT2D eigenvalue weighted by Gasteiger charge is -2.27. The molecule has 0 N–H and O–H groups in total. The number of hydrogen-bond acceptors (Lipinski definition) is 2. The summed E-state index contributed by atoms with van der Waals surface area (Å²) in [5.74, 6) is 1.61. The predicted octanol–water partition coefficient (Wildman–Crippen LogP) is 19.2. The number of pyridine rings is 2. The van der Waals surface area contributed by atoms with Crippen LogP contribution in [0, 0.1) is 0 Å². The average Bonchev–Trinajstić information content (AvgIpc) is 4.39. The molecule has 0 atom stereocenters. The van der Waals surface area contributed by atoms with Gasteiger partial charge in [-0.25, -0.2) is 9.97 Å². The minimum absolute atomic E-state index is 0.112. The van der Waals surface area contributed by atoms with Crippen LogP contribution in [0.1, 0.15) is 26.3 Å². The van der Waals surface area contributed by atoms with Gasteiger partial charge in [0.15, 0.2) is 11.6 Å². The van der Waals surface area contributed by atoms with E-state index in [0.29, 0.717) is 0 Å². The van der Waals surface area contributed by atoms with E-state index in [-0.39, 0.29) is 5.41 Å². The lowest BCUT2D eigenvalue weighted by atomic mass is 9.85. The van der Waals surface area contributed by atoms with Gasteiger partial charge in [-0.1, -0.05) is 221 Å². The molecule has 6 heteroatoms. The lowest BCUT2D eigenvalue weighted by Crippen LogP contribution is -2.16. The molecule has 16 rings (SSSR count). The van der Waals surface area contributed by atoms with Crippen LogP contribution in [0.4, 0.5) is 0 Å². The highest BCUT2D eigenvalue weighted by atomic mass is 15.2. The van der Waals surface area contributed by atoms with E-state index in [2.05, 4.69) is 300 Å². The number of fused-ring (bicyclic) bond motifs is 12. The van der Waals surface area contributed by atoms with Crippen LogP contribution in [-0.4, -0.2) is 28.2 Å². The van der Waals surface area contributed by atoms with Crippen molar-refractivity contribution in [2.24, 2.45) is 0 Å². The Hall–Kier alpha value is -10.3. The van der Waals surface area contributed by atoms with Crippen LogP contribution >= 0.6 is 0 Å². The summed E-state index contributed by atoms with van der Waals surface area (Å²) < 4.78 is 9.88. The second-order valence-electron chi connectivity index (χ2n) is 22.1. The number of nitrogens with zero attached hydrogens (tertiary/aromatic N) is 6. The van der Waals surface area contributed by atoms with Crippen molar-refractivity contribution in [1.82, 2.24) is 28.2 Å². The van der Waals surface area contributed by atoms with E-state index in [1.165, 1.54) is 27.1 Å². The Morgan fingerprint density at radius 3 is 0.838 bits per heavy atom. The van der Waals surface area contributed by atoms with Gasteiger partial charge in [-0.3, -0.25) is 9.13 Å². The van der Waals surface area contributed by atoms with Crippen LogP contribution in [0.3, 0.4) is 0 Å². The van der Waals surface area contributed by atoms with Crippen LogP contribution < -0.4 is 0 Å². The molecule has 80 heavy (non-hydrogen) atoms.